The Morgan fingerprint density at radius 2 is 1.72 bits per heavy atom. The summed E-state index contributed by atoms with van der Waals surface area (Å²) in [6.45, 7) is 6.14. The Kier molecular flexibility index (Phi) is 11.8. The van der Waals surface area contributed by atoms with Crippen molar-refractivity contribution in [3.8, 4) is 5.75 Å². The topological polar surface area (TPSA) is 154 Å². The molecule has 0 spiro atoms. The zero-order chi connectivity index (χ0) is 34.1. The zero-order valence-corrected chi connectivity index (χ0v) is 27.6. The van der Waals surface area contributed by atoms with Crippen LogP contribution in [0.4, 0.5) is 26.4 Å². The van der Waals surface area contributed by atoms with Crippen LogP contribution in [0, 0.1) is 5.82 Å². The number of rotatable bonds is 13. The van der Waals surface area contributed by atoms with Crippen LogP contribution in [-0.2, 0) is 19.1 Å². The quantitative estimate of drug-likeness (QED) is 0.0908. The number of nitrogen functional groups attached to an aromatic ring is 1. The SMILES string of the molecule is CCOc1ccc(F)c([C@@H](Nc2ccc3c(N)nccc3c2)C(=O)NC(CC(=O)OC)c2cc(NC(=O)OC)ccc2SC(C)C)c1. The molecule has 2 atom stereocenters. The van der Waals surface area contributed by atoms with Crippen molar-refractivity contribution in [2.45, 2.75) is 49.4 Å². The Balaban J connectivity index is 1.80. The molecule has 1 heterocycles. The molecule has 0 bridgehead atoms. The van der Waals surface area contributed by atoms with Crippen LogP contribution in [-0.4, -0.2) is 49.0 Å². The van der Waals surface area contributed by atoms with Gasteiger partial charge in [0.05, 0.1) is 33.3 Å². The van der Waals surface area contributed by atoms with Crippen molar-refractivity contribution in [3.63, 3.8) is 0 Å². The fourth-order valence-electron chi connectivity index (χ4n) is 4.91. The third-order valence-electron chi connectivity index (χ3n) is 7.05. The lowest BCUT2D eigenvalue weighted by atomic mass is 9.99. The highest BCUT2D eigenvalue weighted by Gasteiger charge is 2.30. The zero-order valence-electron chi connectivity index (χ0n) is 26.8. The number of amides is 2. The van der Waals surface area contributed by atoms with E-state index in [1.54, 1.807) is 55.6 Å². The fourth-order valence-corrected chi connectivity index (χ4v) is 5.91. The average molecular weight is 664 g/mol. The maximum Gasteiger partial charge on any atom is 0.411 e. The first-order valence-corrected chi connectivity index (χ1v) is 15.8. The second kappa shape index (κ2) is 16.0. The van der Waals surface area contributed by atoms with Crippen LogP contribution >= 0.6 is 11.8 Å². The number of carbonyl (C=O) groups is 3. The predicted octanol–water partition coefficient (Wildman–Crippen LogP) is 6.61. The standard InChI is InChI=1S/C34H38FN5O6S/c1-6-46-23-9-11-27(35)25(17-23)31(38-21-7-10-24-20(15-21)13-14-37-32(24)36)33(42)40-28(18-30(41)44-4)26-16-22(39-34(43)45-5)8-12-29(26)47-19(2)3/h7-17,19,28,31,38H,6,18H2,1-5H3,(H2,36,37)(H,39,43)(H,40,42)/t28?,31-/m1/s1. The minimum Gasteiger partial charge on any atom is -0.494 e. The summed E-state index contributed by atoms with van der Waals surface area (Å²) in [5.74, 6) is -1.13. The van der Waals surface area contributed by atoms with E-state index in [1.165, 1.54) is 44.2 Å². The molecule has 0 fully saturated rings. The average Bonchev–Trinajstić information content (AvgIpc) is 3.04. The number of carbonyl (C=O) groups excluding carboxylic acids is 3. The van der Waals surface area contributed by atoms with Gasteiger partial charge in [-0.25, -0.2) is 14.2 Å². The summed E-state index contributed by atoms with van der Waals surface area (Å²) < 4.78 is 30.9. The molecule has 0 saturated heterocycles. The maximum atomic E-state index is 15.5. The van der Waals surface area contributed by atoms with Crippen LogP contribution in [0.3, 0.4) is 0 Å². The smallest absolute Gasteiger partial charge is 0.411 e. The fraction of sp³-hybridized carbons (Fsp3) is 0.294. The number of anilines is 3. The van der Waals surface area contributed by atoms with Crippen LogP contribution < -0.4 is 26.4 Å². The first-order valence-electron chi connectivity index (χ1n) is 14.9. The summed E-state index contributed by atoms with van der Waals surface area (Å²) in [6.07, 6.45) is 0.645. The molecule has 248 valence electrons. The number of methoxy groups -OCH3 is 2. The number of hydrogen-bond acceptors (Lipinski definition) is 10. The van der Waals surface area contributed by atoms with Gasteiger partial charge in [-0.05, 0) is 78.5 Å². The van der Waals surface area contributed by atoms with Gasteiger partial charge in [0.2, 0.25) is 5.91 Å². The third kappa shape index (κ3) is 9.03. The number of nitrogens with one attached hydrogen (secondary N) is 3. The molecule has 0 aliphatic carbocycles. The second-order valence-electron chi connectivity index (χ2n) is 10.7. The summed E-state index contributed by atoms with van der Waals surface area (Å²) in [4.78, 5) is 43.9. The van der Waals surface area contributed by atoms with Crippen molar-refractivity contribution in [2.24, 2.45) is 0 Å². The van der Waals surface area contributed by atoms with Gasteiger partial charge in [0.15, 0.2) is 0 Å². The molecule has 4 aromatic rings. The van der Waals surface area contributed by atoms with E-state index in [0.717, 1.165) is 15.7 Å². The van der Waals surface area contributed by atoms with E-state index < -0.39 is 35.9 Å². The summed E-state index contributed by atoms with van der Waals surface area (Å²) >= 11 is 1.51. The monoisotopic (exact) mass is 663 g/mol. The molecule has 11 nitrogen and oxygen atoms in total. The van der Waals surface area contributed by atoms with Gasteiger partial charge in [-0.3, -0.25) is 14.9 Å². The van der Waals surface area contributed by atoms with E-state index in [4.69, 9.17) is 19.9 Å². The Labute approximate surface area is 276 Å². The van der Waals surface area contributed by atoms with Crippen LogP contribution in [0.15, 0.2) is 71.8 Å². The molecule has 0 radical (unpaired) electrons. The minimum atomic E-state index is -1.27. The molecule has 0 aliphatic rings. The molecule has 13 heteroatoms. The molecule has 3 aromatic carbocycles. The van der Waals surface area contributed by atoms with Crippen LogP contribution in [0.25, 0.3) is 10.8 Å². The number of esters is 1. The Morgan fingerprint density at radius 1 is 0.957 bits per heavy atom. The summed E-state index contributed by atoms with van der Waals surface area (Å²) in [7, 11) is 2.49. The number of fused-ring (bicyclic) bond motifs is 1. The van der Waals surface area contributed by atoms with E-state index in [1.807, 2.05) is 13.8 Å². The van der Waals surface area contributed by atoms with Gasteiger partial charge in [0.25, 0.3) is 0 Å². The molecule has 0 aliphatic heterocycles. The Morgan fingerprint density at radius 3 is 2.43 bits per heavy atom. The molecule has 1 unspecified atom stereocenters. The summed E-state index contributed by atoms with van der Waals surface area (Å²) in [5.41, 5.74) is 7.50. The highest BCUT2D eigenvalue weighted by atomic mass is 32.2. The summed E-state index contributed by atoms with van der Waals surface area (Å²) in [6, 6.07) is 14.2. The first kappa shape index (κ1) is 34.8. The van der Waals surface area contributed by atoms with Crippen molar-refractivity contribution in [1.29, 1.82) is 0 Å². The van der Waals surface area contributed by atoms with Gasteiger partial charge in [-0.1, -0.05) is 13.8 Å². The number of aromatic nitrogens is 1. The van der Waals surface area contributed by atoms with E-state index in [9.17, 15) is 14.4 Å². The van der Waals surface area contributed by atoms with Crippen LogP contribution in [0.1, 0.15) is 50.4 Å². The van der Waals surface area contributed by atoms with Gasteiger partial charge < -0.3 is 30.6 Å². The second-order valence-corrected chi connectivity index (χ2v) is 12.3. The Bertz CT molecular complexity index is 1750. The largest absolute Gasteiger partial charge is 0.494 e. The Hall–Kier alpha value is -5.04. The number of hydrogen-bond donors (Lipinski definition) is 4. The predicted molar refractivity (Wildman–Crippen MR) is 181 cm³/mol. The number of halogens is 1. The number of nitrogens with two attached hydrogens (primary N) is 1. The van der Waals surface area contributed by atoms with Gasteiger partial charge in [0, 0.05) is 38.7 Å². The van der Waals surface area contributed by atoms with E-state index in [2.05, 4.69) is 20.9 Å². The molecule has 5 N–H and O–H groups in total. The lowest BCUT2D eigenvalue weighted by Gasteiger charge is -2.27. The van der Waals surface area contributed by atoms with E-state index in [0.29, 0.717) is 35.1 Å². The normalized spacial score (nSPS) is 12.2. The van der Waals surface area contributed by atoms with Crippen molar-refractivity contribution >= 4 is 57.7 Å². The lowest BCUT2D eigenvalue weighted by Crippen LogP contribution is -2.38. The first-order chi connectivity index (χ1) is 22.5. The number of benzene rings is 3. The third-order valence-corrected chi connectivity index (χ3v) is 8.15. The van der Waals surface area contributed by atoms with Crippen molar-refractivity contribution < 1.29 is 33.0 Å². The van der Waals surface area contributed by atoms with Gasteiger partial charge in [0.1, 0.15) is 23.4 Å². The number of ether oxygens (including phenoxy) is 3. The number of nitrogens with zero attached hydrogens (tertiary/aromatic N) is 1. The lowest BCUT2D eigenvalue weighted by molar-refractivity contribution is -0.141. The van der Waals surface area contributed by atoms with Crippen molar-refractivity contribution in [1.82, 2.24) is 10.3 Å². The minimum absolute atomic E-state index is 0.0255. The van der Waals surface area contributed by atoms with Gasteiger partial charge >= 0.3 is 12.1 Å². The molecular formula is C34H38FN5O6S. The van der Waals surface area contributed by atoms with E-state index >= 15 is 4.39 Å². The van der Waals surface area contributed by atoms with Gasteiger partial charge in [-0.2, -0.15) is 0 Å². The van der Waals surface area contributed by atoms with Crippen molar-refractivity contribution in [2.75, 3.05) is 37.2 Å². The molecule has 0 saturated carbocycles. The number of pyridine rings is 1. The molecular weight excluding hydrogens is 625 g/mol. The van der Waals surface area contributed by atoms with Crippen LogP contribution in [0.5, 0.6) is 5.75 Å². The highest BCUT2D eigenvalue weighted by molar-refractivity contribution is 8.00. The maximum absolute atomic E-state index is 15.5. The van der Waals surface area contributed by atoms with Crippen LogP contribution in [0.2, 0.25) is 0 Å². The molecule has 47 heavy (non-hydrogen) atoms. The van der Waals surface area contributed by atoms with Crippen molar-refractivity contribution in [3.05, 3.63) is 83.8 Å². The summed E-state index contributed by atoms with van der Waals surface area (Å²) in [5, 5.41) is 10.4. The highest BCUT2D eigenvalue weighted by Crippen LogP contribution is 2.36. The number of thioether (sulfide) groups is 1. The molecule has 1 aromatic heterocycles. The van der Waals surface area contributed by atoms with Gasteiger partial charge in [-0.15, -0.1) is 11.8 Å². The molecule has 4 rings (SSSR count). The van der Waals surface area contributed by atoms with E-state index in [-0.39, 0.29) is 17.2 Å². The molecule has 2 amide bonds.